The molecular formula is C20H34N2O. The first-order valence-electron chi connectivity index (χ1n) is 9.35. The number of aromatic hydroxyl groups is 1. The summed E-state index contributed by atoms with van der Waals surface area (Å²) in [5.74, 6) is 1.20. The van der Waals surface area contributed by atoms with Crippen LogP contribution in [0, 0.1) is 5.92 Å². The average Bonchev–Trinajstić information content (AvgIpc) is 2.54. The molecule has 1 aromatic carbocycles. The van der Waals surface area contributed by atoms with Gasteiger partial charge in [0.15, 0.2) is 0 Å². The van der Waals surface area contributed by atoms with E-state index in [1.165, 1.54) is 44.9 Å². The van der Waals surface area contributed by atoms with Crippen molar-refractivity contribution in [1.29, 1.82) is 0 Å². The Morgan fingerprint density at radius 3 is 2.57 bits per heavy atom. The summed E-state index contributed by atoms with van der Waals surface area (Å²) in [6.45, 7) is 7.80. The molecule has 3 nitrogen and oxygen atoms in total. The van der Waals surface area contributed by atoms with E-state index in [0.29, 0.717) is 11.8 Å². The lowest BCUT2D eigenvalue weighted by Gasteiger charge is -2.39. The van der Waals surface area contributed by atoms with Crippen LogP contribution in [0.4, 0.5) is 0 Å². The summed E-state index contributed by atoms with van der Waals surface area (Å²) in [5.41, 5.74) is 0.838. The number of benzene rings is 1. The van der Waals surface area contributed by atoms with Crippen LogP contribution in [-0.4, -0.2) is 17.7 Å². The zero-order chi connectivity index (χ0) is 16.7. The fourth-order valence-electron chi connectivity index (χ4n) is 3.58. The van der Waals surface area contributed by atoms with E-state index in [9.17, 15) is 5.11 Å². The van der Waals surface area contributed by atoms with Gasteiger partial charge in [-0.15, -0.1) is 0 Å². The summed E-state index contributed by atoms with van der Waals surface area (Å²) in [6, 6.07) is 8.21. The summed E-state index contributed by atoms with van der Waals surface area (Å²) in [4.78, 5) is 0. The minimum atomic E-state index is -0.280. The lowest BCUT2D eigenvalue weighted by Crippen LogP contribution is -2.56. The Balaban J connectivity index is 2.07. The maximum atomic E-state index is 9.87. The summed E-state index contributed by atoms with van der Waals surface area (Å²) in [6.07, 6.45) is 8.78. The van der Waals surface area contributed by atoms with Gasteiger partial charge in [-0.25, -0.2) is 0 Å². The van der Waals surface area contributed by atoms with Crippen molar-refractivity contribution in [3.8, 4) is 5.75 Å². The molecule has 1 fully saturated rings. The topological polar surface area (TPSA) is 44.3 Å². The molecule has 1 aliphatic carbocycles. The first kappa shape index (κ1) is 18.3. The zero-order valence-corrected chi connectivity index (χ0v) is 15.1. The van der Waals surface area contributed by atoms with Crippen LogP contribution in [0.15, 0.2) is 24.3 Å². The molecule has 1 unspecified atom stereocenters. The van der Waals surface area contributed by atoms with Crippen molar-refractivity contribution in [1.82, 2.24) is 10.6 Å². The van der Waals surface area contributed by atoms with E-state index in [-0.39, 0.29) is 5.66 Å². The van der Waals surface area contributed by atoms with Gasteiger partial charge in [0.25, 0.3) is 0 Å². The van der Waals surface area contributed by atoms with E-state index < -0.39 is 0 Å². The van der Waals surface area contributed by atoms with Gasteiger partial charge in [-0.3, -0.25) is 10.6 Å². The van der Waals surface area contributed by atoms with Gasteiger partial charge in [-0.05, 0) is 69.2 Å². The Bertz CT molecular complexity index is 468. The maximum absolute atomic E-state index is 9.87. The lowest BCUT2D eigenvalue weighted by atomic mass is 9.86. The molecule has 0 aromatic heterocycles. The predicted molar refractivity (Wildman–Crippen MR) is 97.5 cm³/mol. The normalized spacial score (nSPS) is 24.3. The average molecular weight is 319 g/mol. The molecule has 0 radical (unpaired) electrons. The minimum absolute atomic E-state index is 0.280. The Hall–Kier alpha value is -1.06. The Morgan fingerprint density at radius 1 is 1.17 bits per heavy atom. The monoisotopic (exact) mass is 318 g/mol. The SMILES string of the molecule is CCCCCNC(C)(NC1CCC(C)CC1)c1cccc(O)c1. The molecule has 3 heteroatoms. The van der Waals surface area contributed by atoms with Crippen LogP contribution >= 0.6 is 0 Å². The summed E-state index contributed by atoms with van der Waals surface area (Å²) in [5, 5.41) is 17.4. The van der Waals surface area contributed by atoms with E-state index >= 15 is 0 Å². The third kappa shape index (κ3) is 5.50. The van der Waals surface area contributed by atoms with Gasteiger partial charge >= 0.3 is 0 Å². The van der Waals surface area contributed by atoms with Gasteiger partial charge in [0, 0.05) is 6.04 Å². The standard InChI is InChI=1S/C20H34N2O/c1-4-5-6-14-21-20(3,17-8-7-9-19(23)15-17)22-18-12-10-16(2)11-13-18/h7-9,15-16,18,21-23H,4-6,10-14H2,1-3H3. The molecule has 0 saturated heterocycles. The highest BCUT2D eigenvalue weighted by atomic mass is 16.3. The van der Waals surface area contributed by atoms with Crippen LogP contribution in [-0.2, 0) is 5.66 Å². The van der Waals surface area contributed by atoms with Crippen LogP contribution < -0.4 is 10.6 Å². The Labute approximate surface area is 141 Å². The second-order valence-electron chi connectivity index (χ2n) is 7.41. The Morgan fingerprint density at radius 2 is 1.91 bits per heavy atom. The second-order valence-corrected chi connectivity index (χ2v) is 7.41. The fourth-order valence-corrected chi connectivity index (χ4v) is 3.58. The second kappa shape index (κ2) is 8.70. The van der Waals surface area contributed by atoms with Crippen molar-refractivity contribution in [2.45, 2.75) is 77.4 Å². The number of phenolic OH excluding ortho intramolecular Hbond substituents is 1. The molecule has 0 heterocycles. The largest absolute Gasteiger partial charge is 0.508 e. The molecule has 0 spiro atoms. The predicted octanol–water partition coefficient (Wildman–Crippen LogP) is 4.51. The van der Waals surface area contributed by atoms with E-state index in [1.807, 2.05) is 12.1 Å². The number of phenols is 1. The quantitative estimate of drug-likeness (QED) is 0.488. The summed E-state index contributed by atoms with van der Waals surface area (Å²) in [7, 11) is 0. The molecule has 3 N–H and O–H groups in total. The summed E-state index contributed by atoms with van der Waals surface area (Å²) < 4.78 is 0. The molecular weight excluding hydrogens is 284 g/mol. The molecule has 130 valence electrons. The molecule has 1 aliphatic rings. The number of nitrogens with one attached hydrogen (secondary N) is 2. The van der Waals surface area contributed by atoms with Crippen LogP contribution in [0.25, 0.3) is 0 Å². The van der Waals surface area contributed by atoms with E-state index in [1.54, 1.807) is 6.07 Å². The highest BCUT2D eigenvalue weighted by molar-refractivity contribution is 5.31. The lowest BCUT2D eigenvalue weighted by molar-refractivity contribution is 0.204. The van der Waals surface area contributed by atoms with Crippen LogP contribution in [0.5, 0.6) is 5.75 Å². The van der Waals surface area contributed by atoms with Gasteiger partial charge < -0.3 is 5.11 Å². The summed E-state index contributed by atoms with van der Waals surface area (Å²) >= 11 is 0. The van der Waals surface area contributed by atoms with Gasteiger partial charge in [-0.2, -0.15) is 0 Å². The van der Waals surface area contributed by atoms with Crippen molar-refractivity contribution in [3.63, 3.8) is 0 Å². The van der Waals surface area contributed by atoms with Crippen molar-refractivity contribution in [2.24, 2.45) is 5.92 Å². The van der Waals surface area contributed by atoms with Crippen molar-refractivity contribution < 1.29 is 5.11 Å². The van der Waals surface area contributed by atoms with Crippen molar-refractivity contribution >= 4 is 0 Å². The number of rotatable bonds is 8. The molecule has 1 aromatic rings. The molecule has 0 amide bonds. The molecule has 0 bridgehead atoms. The van der Waals surface area contributed by atoms with E-state index in [4.69, 9.17) is 0 Å². The minimum Gasteiger partial charge on any atom is -0.508 e. The number of hydrogen-bond acceptors (Lipinski definition) is 3. The van der Waals surface area contributed by atoms with Crippen LogP contribution in [0.3, 0.4) is 0 Å². The molecule has 1 atom stereocenters. The first-order chi connectivity index (χ1) is 11.0. The first-order valence-corrected chi connectivity index (χ1v) is 9.35. The number of hydrogen-bond donors (Lipinski definition) is 3. The maximum Gasteiger partial charge on any atom is 0.115 e. The van der Waals surface area contributed by atoms with Gasteiger partial charge in [0.2, 0.25) is 0 Å². The molecule has 0 aliphatic heterocycles. The highest BCUT2D eigenvalue weighted by Crippen LogP contribution is 2.28. The van der Waals surface area contributed by atoms with Crippen LogP contribution in [0.1, 0.15) is 71.3 Å². The molecule has 1 saturated carbocycles. The third-order valence-corrected chi connectivity index (χ3v) is 5.19. The van der Waals surface area contributed by atoms with Crippen molar-refractivity contribution in [3.05, 3.63) is 29.8 Å². The molecule has 23 heavy (non-hydrogen) atoms. The van der Waals surface area contributed by atoms with Gasteiger partial charge in [0.05, 0.1) is 5.66 Å². The van der Waals surface area contributed by atoms with Gasteiger partial charge in [-0.1, -0.05) is 38.8 Å². The van der Waals surface area contributed by atoms with Crippen molar-refractivity contribution in [2.75, 3.05) is 6.54 Å². The Kier molecular flexibility index (Phi) is 6.91. The highest BCUT2D eigenvalue weighted by Gasteiger charge is 2.30. The smallest absolute Gasteiger partial charge is 0.115 e. The third-order valence-electron chi connectivity index (χ3n) is 5.19. The van der Waals surface area contributed by atoms with Gasteiger partial charge in [0.1, 0.15) is 5.75 Å². The van der Waals surface area contributed by atoms with Crippen LogP contribution in [0.2, 0.25) is 0 Å². The molecule has 2 rings (SSSR count). The van der Waals surface area contributed by atoms with E-state index in [2.05, 4.69) is 37.5 Å². The fraction of sp³-hybridized carbons (Fsp3) is 0.700. The van der Waals surface area contributed by atoms with E-state index in [0.717, 1.165) is 18.0 Å². The zero-order valence-electron chi connectivity index (χ0n) is 15.1. The number of unbranched alkanes of at least 4 members (excludes halogenated alkanes) is 2.